The minimum absolute atomic E-state index is 0.0942. The molecule has 1 heterocycles. The highest BCUT2D eigenvalue weighted by Gasteiger charge is 2.37. The summed E-state index contributed by atoms with van der Waals surface area (Å²) >= 11 is 0. The van der Waals surface area contributed by atoms with Gasteiger partial charge in [-0.1, -0.05) is 0 Å². The molecule has 1 saturated carbocycles. The fraction of sp³-hybridized carbons (Fsp3) is 0.500. The molecule has 0 spiro atoms. The van der Waals surface area contributed by atoms with Gasteiger partial charge in [-0.05, 0) is 12.8 Å². The molecular formula is C8H8F3N3. The van der Waals surface area contributed by atoms with Crippen LogP contribution in [0.5, 0.6) is 0 Å². The van der Waals surface area contributed by atoms with Crippen LogP contribution in [0.3, 0.4) is 0 Å². The molecule has 1 fully saturated rings. The Morgan fingerprint density at radius 3 is 2.50 bits per heavy atom. The number of nitrogens with zero attached hydrogens (tertiary/aromatic N) is 2. The van der Waals surface area contributed by atoms with Gasteiger partial charge in [-0.3, -0.25) is 0 Å². The van der Waals surface area contributed by atoms with Crippen LogP contribution in [0.15, 0.2) is 6.20 Å². The van der Waals surface area contributed by atoms with Crippen molar-refractivity contribution in [1.82, 2.24) is 9.97 Å². The molecule has 1 aromatic rings. The molecule has 0 amide bonds. The summed E-state index contributed by atoms with van der Waals surface area (Å²) in [7, 11) is 0. The lowest BCUT2D eigenvalue weighted by Gasteiger charge is -2.09. The van der Waals surface area contributed by atoms with Crippen LogP contribution in [-0.2, 0) is 6.18 Å². The van der Waals surface area contributed by atoms with E-state index in [1.54, 1.807) is 0 Å². The predicted molar refractivity (Wildman–Crippen MR) is 43.4 cm³/mol. The summed E-state index contributed by atoms with van der Waals surface area (Å²) in [5.74, 6) is 0.350. The molecule has 1 aliphatic carbocycles. The number of aromatic nitrogens is 2. The van der Waals surface area contributed by atoms with Gasteiger partial charge in [0.05, 0.1) is 11.9 Å². The van der Waals surface area contributed by atoms with Crippen LogP contribution in [0.1, 0.15) is 30.3 Å². The van der Waals surface area contributed by atoms with Crippen molar-refractivity contribution in [3.63, 3.8) is 0 Å². The summed E-state index contributed by atoms with van der Waals surface area (Å²) in [5, 5.41) is 0. The van der Waals surface area contributed by atoms with Crippen molar-refractivity contribution < 1.29 is 13.2 Å². The molecule has 0 atom stereocenters. The fourth-order valence-electron chi connectivity index (χ4n) is 1.17. The molecule has 0 unspecified atom stereocenters. The monoisotopic (exact) mass is 203 g/mol. The van der Waals surface area contributed by atoms with Gasteiger partial charge in [-0.25, -0.2) is 9.97 Å². The van der Waals surface area contributed by atoms with Gasteiger partial charge in [0.25, 0.3) is 0 Å². The molecule has 2 rings (SSSR count). The summed E-state index contributed by atoms with van der Waals surface area (Å²) in [6.07, 6.45) is -1.73. The first-order valence-electron chi connectivity index (χ1n) is 4.18. The Hall–Kier alpha value is -1.33. The van der Waals surface area contributed by atoms with Crippen molar-refractivity contribution in [3.05, 3.63) is 17.7 Å². The summed E-state index contributed by atoms with van der Waals surface area (Å²) < 4.78 is 37.0. The van der Waals surface area contributed by atoms with Gasteiger partial charge in [-0.15, -0.1) is 0 Å². The van der Waals surface area contributed by atoms with E-state index in [9.17, 15) is 13.2 Å². The summed E-state index contributed by atoms with van der Waals surface area (Å²) in [6.45, 7) is 0. The minimum Gasteiger partial charge on any atom is -0.396 e. The van der Waals surface area contributed by atoms with Crippen molar-refractivity contribution in [3.8, 4) is 0 Å². The molecule has 76 valence electrons. The van der Waals surface area contributed by atoms with Crippen molar-refractivity contribution in [2.45, 2.75) is 24.9 Å². The topological polar surface area (TPSA) is 51.8 Å². The highest BCUT2D eigenvalue weighted by molar-refractivity contribution is 5.42. The highest BCUT2D eigenvalue weighted by atomic mass is 19.4. The van der Waals surface area contributed by atoms with E-state index < -0.39 is 17.6 Å². The van der Waals surface area contributed by atoms with Crippen molar-refractivity contribution in [2.24, 2.45) is 0 Å². The van der Waals surface area contributed by atoms with E-state index in [2.05, 4.69) is 9.97 Å². The fourth-order valence-corrected chi connectivity index (χ4v) is 1.17. The molecule has 0 aliphatic heterocycles. The normalized spacial score (nSPS) is 17.1. The van der Waals surface area contributed by atoms with Crippen molar-refractivity contribution in [1.29, 1.82) is 0 Å². The first kappa shape index (κ1) is 9.23. The van der Waals surface area contributed by atoms with Crippen LogP contribution in [0.4, 0.5) is 18.9 Å². The second-order valence-electron chi connectivity index (χ2n) is 3.30. The zero-order valence-electron chi connectivity index (χ0n) is 7.17. The summed E-state index contributed by atoms with van der Waals surface area (Å²) in [5.41, 5.74) is 3.72. The van der Waals surface area contributed by atoms with E-state index >= 15 is 0 Å². The van der Waals surface area contributed by atoms with Crippen LogP contribution in [-0.4, -0.2) is 9.97 Å². The Morgan fingerprint density at radius 1 is 1.36 bits per heavy atom. The summed E-state index contributed by atoms with van der Waals surface area (Å²) in [4.78, 5) is 7.22. The standard InChI is InChI=1S/C8H8F3N3/c9-8(10,11)6-5(12)3-13-7(14-6)4-1-2-4/h3-4H,1-2,12H2. The molecule has 2 N–H and O–H groups in total. The smallest absolute Gasteiger partial charge is 0.396 e. The molecule has 3 nitrogen and oxygen atoms in total. The molecule has 1 aromatic heterocycles. The maximum absolute atomic E-state index is 12.3. The first-order chi connectivity index (χ1) is 6.48. The average molecular weight is 203 g/mol. The van der Waals surface area contributed by atoms with Gasteiger partial charge in [0.1, 0.15) is 5.82 Å². The van der Waals surface area contributed by atoms with E-state index in [4.69, 9.17) is 5.73 Å². The number of hydrogen-bond donors (Lipinski definition) is 1. The van der Waals surface area contributed by atoms with E-state index in [0.717, 1.165) is 19.0 Å². The molecule has 0 bridgehead atoms. The minimum atomic E-state index is -4.49. The highest BCUT2D eigenvalue weighted by Crippen LogP contribution is 2.40. The number of anilines is 1. The van der Waals surface area contributed by atoms with Gasteiger partial charge in [0.2, 0.25) is 0 Å². The van der Waals surface area contributed by atoms with E-state index in [1.807, 2.05) is 0 Å². The Bertz CT molecular complexity index is 357. The maximum atomic E-state index is 12.3. The number of halogens is 3. The molecule has 1 aliphatic rings. The van der Waals surface area contributed by atoms with Gasteiger partial charge < -0.3 is 5.73 Å². The zero-order valence-corrected chi connectivity index (χ0v) is 7.17. The van der Waals surface area contributed by atoms with Crippen LogP contribution >= 0.6 is 0 Å². The first-order valence-corrected chi connectivity index (χ1v) is 4.18. The SMILES string of the molecule is Nc1cnc(C2CC2)nc1C(F)(F)F. The molecule has 14 heavy (non-hydrogen) atoms. The second-order valence-corrected chi connectivity index (χ2v) is 3.30. The predicted octanol–water partition coefficient (Wildman–Crippen LogP) is 1.96. The second kappa shape index (κ2) is 2.83. The molecular weight excluding hydrogens is 195 g/mol. The Labute approximate surface area is 78.2 Å². The molecule has 0 aromatic carbocycles. The Balaban J connectivity index is 2.41. The number of nitrogen functional groups attached to an aromatic ring is 1. The van der Waals surface area contributed by atoms with Gasteiger partial charge >= 0.3 is 6.18 Å². The van der Waals surface area contributed by atoms with Crippen LogP contribution in [0, 0.1) is 0 Å². The third-order valence-electron chi connectivity index (χ3n) is 2.05. The Morgan fingerprint density at radius 2 is 2.00 bits per heavy atom. The Kier molecular flexibility index (Phi) is 1.87. The lowest BCUT2D eigenvalue weighted by atomic mass is 10.3. The van der Waals surface area contributed by atoms with Gasteiger partial charge in [0, 0.05) is 5.92 Å². The number of alkyl halides is 3. The van der Waals surface area contributed by atoms with Crippen LogP contribution in [0.2, 0.25) is 0 Å². The van der Waals surface area contributed by atoms with Gasteiger partial charge in [0.15, 0.2) is 5.69 Å². The average Bonchev–Trinajstić information content (AvgIpc) is 2.85. The van der Waals surface area contributed by atoms with E-state index in [-0.39, 0.29) is 11.7 Å². The lowest BCUT2D eigenvalue weighted by Crippen LogP contribution is -2.13. The molecule has 0 radical (unpaired) electrons. The zero-order chi connectivity index (χ0) is 10.3. The lowest BCUT2D eigenvalue weighted by molar-refractivity contribution is -0.140. The van der Waals surface area contributed by atoms with E-state index in [1.165, 1.54) is 0 Å². The summed E-state index contributed by atoms with van der Waals surface area (Å²) in [6, 6.07) is 0. The molecule has 0 saturated heterocycles. The van der Waals surface area contributed by atoms with Crippen LogP contribution < -0.4 is 5.73 Å². The number of nitrogens with two attached hydrogens (primary N) is 1. The van der Waals surface area contributed by atoms with Crippen LogP contribution in [0.25, 0.3) is 0 Å². The largest absolute Gasteiger partial charge is 0.435 e. The number of hydrogen-bond acceptors (Lipinski definition) is 3. The third kappa shape index (κ3) is 1.64. The quantitative estimate of drug-likeness (QED) is 0.758. The third-order valence-corrected chi connectivity index (χ3v) is 2.05. The maximum Gasteiger partial charge on any atom is 0.435 e. The van der Waals surface area contributed by atoms with E-state index in [0.29, 0.717) is 0 Å². The van der Waals surface area contributed by atoms with Gasteiger partial charge in [-0.2, -0.15) is 13.2 Å². The van der Waals surface area contributed by atoms with Crippen molar-refractivity contribution in [2.75, 3.05) is 5.73 Å². The number of rotatable bonds is 1. The van der Waals surface area contributed by atoms with Crippen molar-refractivity contribution >= 4 is 5.69 Å². The molecule has 6 heteroatoms.